The molecule has 0 radical (unpaired) electrons. The fourth-order valence-corrected chi connectivity index (χ4v) is 5.30. The fourth-order valence-electron chi connectivity index (χ4n) is 4.21. The summed E-state index contributed by atoms with van der Waals surface area (Å²) in [6.45, 7) is 8.03. The van der Waals surface area contributed by atoms with Gasteiger partial charge in [-0.1, -0.05) is 74.5 Å². The van der Waals surface area contributed by atoms with Crippen molar-refractivity contribution in [2.24, 2.45) is 14.1 Å². The monoisotopic (exact) mass is 611 g/mol. The fraction of sp³-hybridized carbons (Fsp3) is 0.406. The van der Waals surface area contributed by atoms with Crippen molar-refractivity contribution in [3.8, 4) is 0 Å². The third-order valence-corrected chi connectivity index (χ3v) is 8.17. The number of benzene rings is 2. The van der Waals surface area contributed by atoms with Gasteiger partial charge in [0.05, 0.1) is 19.8 Å². The molecular weight excluding hydrogens is 568 g/mol. The van der Waals surface area contributed by atoms with Crippen LogP contribution >= 0.6 is 11.8 Å². The van der Waals surface area contributed by atoms with Gasteiger partial charge in [-0.15, -0.1) is 0 Å². The predicted molar refractivity (Wildman–Crippen MR) is 166 cm³/mol. The van der Waals surface area contributed by atoms with Crippen LogP contribution in [0.2, 0.25) is 0 Å². The topological polar surface area (TPSA) is 131 Å². The van der Waals surface area contributed by atoms with Crippen molar-refractivity contribution in [1.29, 1.82) is 0 Å². The number of carbonyl (C=O) groups is 4. The first kappa shape index (κ1) is 35.1. The number of ether oxygens (including phenoxy) is 1. The number of nitrogens with one attached hydrogen (secondary N) is 2. The normalized spacial score (nSPS) is 11.9. The maximum atomic E-state index is 13.2. The zero-order valence-corrected chi connectivity index (χ0v) is 26.6. The van der Waals surface area contributed by atoms with Crippen LogP contribution in [0.3, 0.4) is 0 Å². The van der Waals surface area contributed by atoms with Gasteiger partial charge in [0.1, 0.15) is 35.9 Å². The molecule has 2 aromatic carbocycles. The van der Waals surface area contributed by atoms with E-state index in [1.165, 1.54) is 11.8 Å². The van der Waals surface area contributed by atoms with E-state index < -0.39 is 30.1 Å². The van der Waals surface area contributed by atoms with Crippen molar-refractivity contribution in [3.63, 3.8) is 0 Å². The van der Waals surface area contributed by atoms with Gasteiger partial charge >= 0.3 is 17.2 Å². The Kier molecular flexibility index (Phi) is 14.5. The Balaban J connectivity index is 0.00000316. The van der Waals surface area contributed by atoms with Gasteiger partial charge in [-0.3, -0.25) is 9.59 Å². The first-order valence-electron chi connectivity index (χ1n) is 14.3. The van der Waals surface area contributed by atoms with Gasteiger partial charge in [-0.2, -0.15) is 0 Å². The van der Waals surface area contributed by atoms with Crippen molar-refractivity contribution in [2.45, 2.75) is 70.8 Å². The summed E-state index contributed by atoms with van der Waals surface area (Å²) in [5.74, 6) is -1.89. The van der Waals surface area contributed by atoms with Crippen LogP contribution in [-0.2, 0) is 46.2 Å². The summed E-state index contributed by atoms with van der Waals surface area (Å²) in [5.41, 5.74) is 3.75. The van der Waals surface area contributed by atoms with E-state index in [0.717, 1.165) is 27.7 Å². The Labute approximate surface area is 257 Å². The molecule has 1 heterocycles. The smallest absolute Gasteiger partial charge is 0.408 e. The Morgan fingerprint density at radius 2 is 1.51 bits per heavy atom. The number of nitrogens with zero attached hydrogens (tertiary/aromatic N) is 2. The molecule has 2 atom stereocenters. The highest BCUT2D eigenvalue weighted by atomic mass is 32.2. The number of amides is 2. The predicted octanol–water partition coefficient (Wildman–Crippen LogP) is 4.04. The minimum atomic E-state index is -1.30. The van der Waals surface area contributed by atoms with Crippen LogP contribution in [0.15, 0.2) is 65.8 Å². The molecule has 0 saturated heterocycles. The summed E-state index contributed by atoms with van der Waals surface area (Å²) in [4.78, 5) is 50.3. The summed E-state index contributed by atoms with van der Waals surface area (Å²) >= 11 is 1.39. The number of Topliss-reactive ketones (excluding diaryl/α,β-unsaturated/α-hetero) is 1. The van der Waals surface area contributed by atoms with E-state index in [4.69, 9.17) is 4.74 Å². The van der Waals surface area contributed by atoms with Crippen molar-refractivity contribution in [2.75, 3.05) is 5.75 Å². The molecule has 0 aliphatic carbocycles. The van der Waals surface area contributed by atoms with Crippen LogP contribution < -0.4 is 15.2 Å². The molecule has 2 amide bonds. The molecular formula is C32H43N4O6S+. The van der Waals surface area contributed by atoms with Crippen LogP contribution in [-0.4, -0.2) is 51.3 Å². The number of aromatic nitrogens is 2. The highest BCUT2D eigenvalue weighted by molar-refractivity contribution is 7.99. The lowest BCUT2D eigenvalue weighted by molar-refractivity contribution is -0.715. The molecule has 0 fully saturated rings. The van der Waals surface area contributed by atoms with E-state index in [0.29, 0.717) is 0 Å². The molecule has 3 rings (SSSR count). The van der Waals surface area contributed by atoms with Crippen LogP contribution in [0.4, 0.5) is 4.79 Å². The maximum Gasteiger partial charge on any atom is 0.408 e. The molecule has 11 heteroatoms. The zero-order chi connectivity index (χ0) is 31.9. The Bertz CT molecular complexity index is 1340. The minimum Gasteiger partial charge on any atom is -0.480 e. The van der Waals surface area contributed by atoms with Gasteiger partial charge in [-0.25, -0.2) is 18.7 Å². The SMILES string of the molecule is CC.Cc1c(C)[n+](C)c(SCC(=O)CCC(NC(=O)C(Cc2ccccc2)NC(=O)OCc2ccccc2)C(=O)O)n1C. The van der Waals surface area contributed by atoms with E-state index >= 15 is 0 Å². The quantitative estimate of drug-likeness (QED) is 0.185. The van der Waals surface area contributed by atoms with E-state index in [9.17, 15) is 24.3 Å². The Hall–Kier alpha value is -4.12. The molecule has 0 saturated carbocycles. The van der Waals surface area contributed by atoms with Gasteiger partial charge < -0.3 is 20.5 Å². The number of hydrogen-bond acceptors (Lipinski definition) is 6. The molecule has 43 heavy (non-hydrogen) atoms. The van der Waals surface area contributed by atoms with Crippen molar-refractivity contribution in [1.82, 2.24) is 15.2 Å². The lowest BCUT2D eigenvalue weighted by atomic mass is 10.0. The molecule has 0 bridgehead atoms. The average molecular weight is 612 g/mol. The largest absolute Gasteiger partial charge is 0.480 e. The van der Waals surface area contributed by atoms with Crippen molar-refractivity contribution < 1.29 is 33.6 Å². The van der Waals surface area contributed by atoms with Gasteiger partial charge in [0.15, 0.2) is 0 Å². The molecule has 0 spiro atoms. The number of rotatable bonds is 14. The third-order valence-electron chi connectivity index (χ3n) is 6.90. The standard InChI is InChI=1S/C30H36N4O6S.C2H6/c1-20-21(2)34(4)30(33(20)3)41-19-24(35)15-16-25(28(37)38)31-27(36)26(17-22-11-7-5-8-12-22)32-29(39)40-18-23-13-9-6-10-14-23;1-2/h5-14,25-26H,15-19H2,1-4H3,(H2-,31,32,36,37,38,39);1-2H3/p+1. The second kappa shape index (κ2) is 17.7. The molecule has 1 aromatic heterocycles. The van der Waals surface area contributed by atoms with Gasteiger partial charge in [0.25, 0.3) is 0 Å². The number of carbonyl (C=O) groups excluding carboxylic acids is 3. The van der Waals surface area contributed by atoms with Crippen molar-refractivity contribution in [3.05, 3.63) is 83.2 Å². The number of aliphatic carboxylic acids is 1. The highest BCUT2D eigenvalue weighted by Crippen LogP contribution is 2.18. The molecule has 10 nitrogen and oxygen atoms in total. The molecule has 0 aliphatic rings. The average Bonchev–Trinajstić information content (AvgIpc) is 3.20. The summed E-state index contributed by atoms with van der Waals surface area (Å²) in [6.07, 6.45) is -0.773. The van der Waals surface area contributed by atoms with Crippen LogP contribution in [0.1, 0.15) is 49.2 Å². The van der Waals surface area contributed by atoms with Crippen LogP contribution in [0, 0.1) is 13.8 Å². The van der Waals surface area contributed by atoms with Gasteiger partial charge in [0, 0.05) is 26.7 Å². The highest BCUT2D eigenvalue weighted by Gasteiger charge is 2.28. The number of carboxylic acids is 1. The van der Waals surface area contributed by atoms with Crippen molar-refractivity contribution >= 4 is 35.5 Å². The van der Waals surface area contributed by atoms with E-state index in [-0.39, 0.29) is 37.4 Å². The lowest BCUT2D eigenvalue weighted by Crippen LogP contribution is -2.52. The third kappa shape index (κ3) is 10.9. The molecule has 232 valence electrons. The Morgan fingerprint density at radius 3 is 2.05 bits per heavy atom. The summed E-state index contributed by atoms with van der Waals surface area (Å²) in [6, 6.07) is 15.8. The number of alkyl carbamates (subject to hydrolysis) is 1. The van der Waals surface area contributed by atoms with Gasteiger partial charge in [0.2, 0.25) is 5.91 Å². The first-order valence-corrected chi connectivity index (χ1v) is 15.3. The lowest BCUT2D eigenvalue weighted by Gasteiger charge is -2.21. The molecule has 0 aliphatic heterocycles. The first-order chi connectivity index (χ1) is 20.6. The maximum absolute atomic E-state index is 13.2. The summed E-state index contributed by atoms with van der Waals surface area (Å²) in [5, 5.41) is 15.7. The van der Waals surface area contributed by atoms with E-state index in [2.05, 4.69) is 10.6 Å². The number of imidazole rings is 1. The Morgan fingerprint density at radius 1 is 0.930 bits per heavy atom. The second-order valence-corrected chi connectivity index (χ2v) is 10.7. The van der Waals surface area contributed by atoms with E-state index in [1.54, 1.807) is 36.4 Å². The van der Waals surface area contributed by atoms with Gasteiger partial charge in [-0.05, 0) is 29.3 Å². The van der Waals surface area contributed by atoms with Crippen LogP contribution in [0.25, 0.3) is 0 Å². The zero-order valence-electron chi connectivity index (χ0n) is 25.8. The number of carboxylic acid groups (broad SMARTS) is 1. The second-order valence-electron chi connectivity index (χ2n) is 9.79. The number of thioether (sulfide) groups is 1. The number of ketones is 1. The molecule has 3 N–H and O–H groups in total. The summed E-state index contributed by atoms with van der Waals surface area (Å²) in [7, 11) is 3.87. The molecule has 3 aromatic rings. The van der Waals surface area contributed by atoms with E-state index in [1.807, 2.05) is 75.2 Å². The minimum absolute atomic E-state index is 0.0180. The van der Waals surface area contributed by atoms with Crippen LogP contribution in [0.5, 0.6) is 0 Å². The summed E-state index contributed by atoms with van der Waals surface area (Å²) < 4.78 is 9.29. The molecule has 2 unspecified atom stereocenters. The number of hydrogen-bond donors (Lipinski definition) is 3.